The summed E-state index contributed by atoms with van der Waals surface area (Å²) in [4.78, 5) is 47.1. The van der Waals surface area contributed by atoms with Crippen LogP contribution in [0, 0.1) is 0 Å². The number of hydrogen-bond donors (Lipinski definition) is 0. The largest absolute Gasteiger partial charge is 0.493 e. The van der Waals surface area contributed by atoms with Gasteiger partial charge >= 0.3 is 6.09 Å². The maximum Gasteiger partial charge on any atom is 0.410 e. The smallest absolute Gasteiger partial charge is 0.410 e. The first-order chi connectivity index (χ1) is 24.9. The number of hydrogen-bond acceptors (Lipinski definition) is 8. The van der Waals surface area contributed by atoms with E-state index in [1.54, 1.807) is 37.3 Å². The quantitative estimate of drug-likeness (QED) is 0.141. The lowest BCUT2D eigenvalue weighted by Gasteiger charge is -2.45. The highest BCUT2D eigenvalue weighted by Gasteiger charge is 2.40. The third kappa shape index (κ3) is 12.4. The van der Waals surface area contributed by atoms with E-state index in [1.807, 2.05) is 74.8 Å². The Bertz CT molecular complexity index is 1420. The maximum absolute atomic E-state index is 14.2. The number of nitrogens with zero attached hydrogens (tertiary/aromatic N) is 3. The van der Waals surface area contributed by atoms with Gasteiger partial charge in [0.05, 0.1) is 26.4 Å². The summed E-state index contributed by atoms with van der Waals surface area (Å²) in [6, 6.07) is 15.1. The SMILES string of the molecule is COCCCOc1cc(C(=O)N(C(C)C)[C@@H]2CC[C@H](CCN(C(=O)CCCOCc3ccccc3)C3CC3)N(C(=O)OC(C)(C)C)C2)ccc1OC. The lowest BCUT2D eigenvalue weighted by atomic mass is 9.93. The van der Waals surface area contributed by atoms with Gasteiger partial charge in [-0.2, -0.15) is 0 Å². The molecule has 1 heterocycles. The molecule has 1 saturated carbocycles. The highest BCUT2D eigenvalue weighted by atomic mass is 16.6. The topological polar surface area (TPSA) is 107 Å². The molecule has 2 aromatic carbocycles. The minimum atomic E-state index is -0.677. The van der Waals surface area contributed by atoms with Crippen molar-refractivity contribution in [1.82, 2.24) is 14.7 Å². The molecule has 1 aliphatic carbocycles. The van der Waals surface area contributed by atoms with Crippen LogP contribution in [0.3, 0.4) is 0 Å². The number of ether oxygens (including phenoxy) is 5. The van der Waals surface area contributed by atoms with Crippen LogP contribution in [0.1, 0.15) is 102 Å². The first-order valence-electron chi connectivity index (χ1n) is 18.9. The fourth-order valence-electron chi connectivity index (χ4n) is 6.78. The molecule has 288 valence electrons. The molecule has 1 saturated heterocycles. The second-order valence-electron chi connectivity index (χ2n) is 15.1. The van der Waals surface area contributed by atoms with Crippen LogP contribution in [0.15, 0.2) is 48.5 Å². The lowest BCUT2D eigenvalue weighted by Crippen LogP contribution is -2.58. The zero-order valence-corrected chi connectivity index (χ0v) is 32.4. The van der Waals surface area contributed by atoms with E-state index in [0.29, 0.717) is 88.7 Å². The Hall–Kier alpha value is -3.83. The number of carbonyl (C=O) groups is 3. The molecule has 2 fully saturated rings. The van der Waals surface area contributed by atoms with Gasteiger partial charge in [-0.3, -0.25) is 9.59 Å². The second kappa shape index (κ2) is 19.9. The number of carbonyl (C=O) groups excluding carboxylic acids is 3. The lowest BCUT2D eigenvalue weighted by molar-refractivity contribution is -0.132. The van der Waals surface area contributed by atoms with Gasteiger partial charge in [0, 0.05) is 69.9 Å². The minimum Gasteiger partial charge on any atom is -0.493 e. The normalized spacial score (nSPS) is 17.5. The van der Waals surface area contributed by atoms with Crippen LogP contribution in [-0.4, -0.2) is 110 Å². The van der Waals surface area contributed by atoms with Gasteiger partial charge in [-0.15, -0.1) is 0 Å². The number of amides is 3. The van der Waals surface area contributed by atoms with Crippen LogP contribution >= 0.6 is 0 Å². The molecular formula is C41H61N3O8. The fourth-order valence-corrected chi connectivity index (χ4v) is 6.78. The van der Waals surface area contributed by atoms with Crippen molar-refractivity contribution >= 4 is 17.9 Å². The van der Waals surface area contributed by atoms with E-state index in [1.165, 1.54) is 0 Å². The number of benzene rings is 2. The third-order valence-electron chi connectivity index (χ3n) is 9.46. The summed E-state index contributed by atoms with van der Waals surface area (Å²) >= 11 is 0. The highest BCUT2D eigenvalue weighted by Crippen LogP contribution is 2.33. The molecule has 52 heavy (non-hydrogen) atoms. The summed E-state index contributed by atoms with van der Waals surface area (Å²) in [7, 11) is 3.22. The highest BCUT2D eigenvalue weighted by molar-refractivity contribution is 5.95. The van der Waals surface area contributed by atoms with Crippen LogP contribution in [0.25, 0.3) is 0 Å². The molecule has 0 N–H and O–H groups in total. The molecule has 2 atom stereocenters. The number of rotatable bonds is 19. The predicted molar refractivity (Wildman–Crippen MR) is 201 cm³/mol. The molecule has 3 amide bonds. The number of piperidine rings is 1. The summed E-state index contributed by atoms with van der Waals surface area (Å²) in [6.07, 6.45) is 5.49. The Balaban J connectivity index is 1.42. The van der Waals surface area contributed by atoms with Crippen LogP contribution in [0.5, 0.6) is 11.5 Å². The molecule has 0 aromatic heterocycles. The molecule has 4 rings (SSSR count). The predicted octanol–water partition coefficient (Wildman–Crippen LogP) is 7.11. The molecule has 0 bridgehead atoms. The van der Waals surface area contributed by atoms with Gasteiger partial charge in [-0.1, -0.05) is 30.3 Å². The molecule has 2 aromatic rings. The van der Waals surface area contributed by atoms with Crippen molar-refractivity contribution in [3.8, 4) is 11.5 Å². The van der Waals surface area contributed by atoms with Gasteiger partial charge in [-0.05, 0) is 96.9 Å². The van der Waals surface area contributed by atoms with Crippen molar-refractivity contribution in [3.63, 3.8) is 0 Å². The Kier molecular flexibility index (Phi) is 15.6. The van der Waals surface area contributed by atoms with E-state index in [9.17, 15) is 14.4 Å². The Labute approximate surface area is 310 Å². The fraction of sp³-hybridized carbons (Fsp3) is 0.634. The van der Waals surface area contributed by atoms with Gasteiger partial charge in [0.25, 0.3) is 5.91 Å². The molecule has 0 unspecified atom stereocenters. The molecule has 11 heteroatoms. The standard InChI is InChI=1S/C41H61N3O8/c1-30(2)44(39(46)32-16-21-36(49-7)37(27-32)51-26-12-24-48-6)35-20-19-34(43(28-35)40(47)52-41(3,4)5)22-23-42(33-17-18-33)38(45)15-11-25-50-29-31-13-9-8-10-14-31/h8-10,13-14,16,21,27,30,33-35H,11-12,15,17-20,22-26,28-29H2,1-7H3/t34-,35-/m1/s1. The van der Waals surface area contributed by atoms with Gasteiger partial charge in [-0.25, -0.2) is 4.79 Å². The van der Waals surface area contributed by atoms with Gasteiger partial charge in [0.2, 0.25) is 5.91 Å². The molecule has 1 aliphatic heterocycles. The summed E-state index contributed by atoms with van der Waals surface area (Å²) in [5.74, 6) is 1.06. The zero-order chi connectivity index (χ0) is 37.7. The summed E-state index contributed by atoms with van der Waals surface area (Å²) in [6.45, 7) is 12.6. The Morgan fingerprint density at radius 2 is 1.62 bits per heavy atom. The summed E-state index contributed by atoms with van der Waals surface area (Å²) in [5, 5.41) is 0. The van der Waals surface area contributed by atoms with Gasteiger partial charge < -0.3 is 38.4 Å². The van der Waals surface area contributed by atoms with E-state index >= 15 is 0 Å². The van der Waals surface area contributed by atoms with E-state index in [4.69, 9.17) is 23.7 Å². The van der Waals surface area contributed by atoms with Crippen molar-refractivity contribution in [2.75, 3.05) is 47.1 Å². The first kappa shape index (κ1) is 40.9. The van der Waals surface area contributed by atoms with E-state index in [-0.39, 0.29) is 36.0 Å². The second-order valence-corrected chi connectivity index (χ2v) is 15.1. The van der Waals surface area contributed by atoms with Crippen molar-refractivity contribution in [2.24, 2.45) is 0 Å². The van der Waals surface area contributed by atoms with E-state index in [0.717, 1.165) is 24.8 Å². The number of methoxy groups -OCH3 is 2. The summed E-state index contributed by atoms with van der Waals surface area (Å²) in [5.41, 5.74) is 0.933. The van der Waals surface area contributed by atoms with Crippen molar-refractivity contribution in [2.45, 2.75) is 122 Å². The molecular weight excluding hydrogens is 662 g/mol. The molecule has 0 spiro atoms. The van der Waals surface area contributed by atoms with Crippen LogP contribution < -0.4 is 9.47 Å². The number of likely N-dealkylation sites (tertiary alicyclic amines) is 1. The third-order valence-corrected chi connectivity index (χ3v) is 9.46. The van der Waals surface area contributed by atoms with Crippen LogP contribution in [0.4, 0.5) is 4.79 Å². The minimum absolute atomic E-state index is 0.119. The van der Waals surface area contributed by atoms with Crippen LogP contribution in [-0.2, 0) is 25.6 Å². The zero-order valence-electron chi connectivity index (χ0n) is 32.4. The summed E-state index contributed by atoms with van der Waals surface area (Å²) < 4.78 is 28.3. The first-order valence-corrected chi connectivity index (χ1v) is 18.9. The van der Waals surface area contributed by atoms with E-state index < -0.39 is 11.7 Å². The molecule has 0 radical (unpaired) electrons. The van der Waals surface area contributed by atoms with Crippen molar-refractivity contribution < 1.29 is 38.1 Å². The van der Waals surface area contributed by atoms with Crippen LogP contribution in [0.2, 0.25) is 0 Å². The Morgan fingerprint density at radius 3 is 2.27 bits per heavy atom. The van der Waals surface area contributed by atoms with Crippen molar-refractivity contribution in [1.29, 1.82) is 0 Å². The van der Waals surface area contributed by atoms with Gasteiger partial charge in [0.15, 0.2) is 11.5 Å². The van der Waals surface area contributed by atoms with E-state index in [2.05, 4.69) is 0 Å². The average molecular weight is 724 g/mol. The Morgan fingerprint density at radius 1 is 0.885 bits per heavy atom. The van der Waals surface area contributed by atoms with Gasteiger partial charge in [0.1, 0.15) is 5.60 Å². The molecule has 11 nitrogen and oxygen atoms in total. The monoisotopic (exact) mass is 723 g/mol. The average Bonchev–Trinajstić information content (AvgIpc) is 3.95. The maximum atomic E-state index is 14.2. The molecule has 2 aliphatic rings. The van der Waals surface area contributed by atoms with Crippen molar-refractivity contribution in [3.05, 3.63) is 59.7 Å².